The largest absolute Gasteiger partial charge is 0.325 e. The van der Waals surface area contributed by atoms with Crippen molar-refractivity contribution in [2.75, 3.05) is 26.2 Å². The molecule has 0 aromatic heterocycles. The van der Waals surface area contributed by atoms with Crippen LogP contribution in [0.2, 0.25) is 0 Å². The molecule has 1 rings (SSSR count). The Balaban J connectivity index is 2.70. The average molecular weight is 213 g/mol. The van der Waals surface area contributed by atoms with Crippen LogP contribution in [0.4, 0.5) is 4.79 Å². The van der Waals surface area contributed by atoms with E-state index in [-0.39, 0.29) is 6.03 Å². The number of nitrogens with zero attached hydrogens (tertiary/aromatic N) is 2. The van der Waals surface area contributed by atoms with Gasteiger partial charge in [-0.2, -0.15) is 0 Å². The SMILES string of the molecule is CCN(CC)C(=O)N1C(C)CNCC1C. The van der Waals surface area contributed by atoms with E-state index in [1.165, 1.54) is 0 Å². The van der Waals surface area contributed by atoms with Gasteiger partial charge in [0.05, 0.1) is 0 Å². The van der Waals surface area contributed by atoms with E-state index in [1.54, 1.807) is 0 Å². The molecule has 2 unspecified atom stereocenters. The smallest absolute Gasteiger partial charge is 0.320 e. The third-order valence-corrected chi connectivity index (χ3v) is 3.08. The van der Waals surface area contributed by atoms with Crippen LogP contribution in [-0.4, -0.2) is 54.1 Å². The molecule has 2 atom stereocenters. The first kappa shape index (κ1) is 12.3. The van der Waals surface area contributed by atoms with Gasteiger partial charge in [0.1, 0.15) is 0 Å². The van der Waals surface area contributed by atoms with Gasteiger partial charge in [-0.25, -0.2) is 4.79 Å². The molecule has 15 heavy (non-hydrogen) atoms. The summed E-state index contributed by atoms with van der Waals surface area (Å²) in [5, 5.41) is 3.33. The fraction of sp³-hybridized carbons (Fsp3) is 0.909. The predicted octanol–water partition coefficient (Wildman–Crippen LogP) is 1.13. The van der Waals surface area contributed by atoms with Gasteiger partial charge in [-0.15, -0.1) is 0 Å². The number of amides is 2. The lowest BCUT2D eigenvalue weighted by Gasteiger charge is -2.41. The maximum absolute atomic E-state index is 12.2. The number of hydrogen-bond acceptors (Lipinski definition) is 2. The number of urea groups is 1. The van der Waals surface area contributed by atoms with Crippen LogP contribution in [0.3, 0.4) is 0 Å². The number of nitrogens with one attached hydrogen (secondary N) is 1. The van der Waals surface area contributed by atoms with Gasteiger partial charge in [-0.05, 0) is 27.7 Å². The monoisotopic (exact) mass is 213 g/mol. The first-order chi connectivity index (χ1) is 7.11. The maximum atomic E-state index is 12.2. The molecule has 1 aliphatic heterocycles. The van der Waals surface area contributed by atoms with Crippen LogP contribution in [0.1, 0.15) is 27.7 Å². The van der Waals surface area contributed by atoms with Crippen molar-refractivity contribution in [3.8, 4) is 0 Å². The Morgan fingerprint density at radius 3 is 2.13 bits per heavy atom. The van der Waals surface area contributed by atoms with E-state index in [9.17, 15) is 4.79 Å². The highest BCUT2D eigenvalue weighted by Crippen LogP contribution is 2.12. The third kappa shape index (κ3) is 2.62. The first-order valence-electron chi connectivity index (χ1n) is 5.89. The highest BCUT2D eigenvalue weighted by molar-refractivity contribution is 5.75. The van der Waals surface area contributed by atoms with Crippen LogP contribution in [0.15, 0.2) is 0 Å². The molecule has 0 saturated carbocycles. The zero-order valence-corrected chi connectivity index (χ0v) is 10.3. The van der Waals surface area contributed by atoms with Crippen molar-refractivity contribution in [2.24, 2.45) is 0 Å². The van der Waals surface area contributed by atoms with Crippen molar-refractivity contribution in [1.29, 1.82) is 0 Å². The fourth-order valence-electron chi connectivity index (χ4n) is 2.17. The molecule has 1 aliphatic rings. The number of carbonyl (C=O) groups excluding carboxylic acids is 1. The second-order valence-corrected chi connectivity index (χ2v) is 4.22. The zero-order valence-electron chi connectivity index (χ0n) is 10.3. The Morgan fingerprint density at radius 1 is 1.27 bits per heavy atom. The third-order valence-electron chi connectivity index (χ3n) is 3.08. The summed E-state index contributed by atoms with van der Waals surface area (Å²) < 4.78 is 0. The van der Waals surface area contributed by atoms with E-state index in [4.69, 9.17) is 0 Å². The summed E-state index contributed by atoms with van der Waals surface area (Å²) >= 11 is 0. The van der Waals surface area contributed by atoms with Crippen LogP contribution in [0.5, 0.6) is 0 Å². The minimum absolute atomic E-state index is 0.182. The minimum Gasteiger partial charge on any atom is -0.325 e. The average Bonchev–Trinajstić information content (AvgIpc) is 2.19. The van der Waals surface area contributed by atoms with Gasteiger partial charge >= 0.3 is 6.03 Å². The van der Waals surface area contributed by atoms with Crippen LogP contribution in [0, 0.1) is 0 Å². The summed E-state index contributed by atoms with van der Waals surface area (Å²) in [4.78, 5) is 16.1. The molecule has 1 saturated heterocycles. The van der Waals surface area contributed by atoms with Gasteiger partial charge in [0, 0.05) is 38.3 Å². The number of piperazine rings is 1. The molecule has 0 spiro atoms. The summed E-state index contributed by atoms with van der Waals surface area (Å²) in [6.45, 7) is 11.6. The molecule has 0 aliphatic carbocycles. The van der Waals surface area contributed by atoms with Crippen LogP contribution >= 0.6 is 0 Å². The molecule has 2 amide bonds. The Bertz CT molecular complexity index is 206. The molecular formula is C11H23N3O. The summed E-state index contributed by atoms with van der Waals surface area (Å²) in [6.07, 6.45) is 0. The molecule has 0 radical (unpaired) electrons. The normalized spacial score (nSPS) is 26.5. The van der Waals surface area contributed by atoms with E-state index >= 15 is 0 Å². The van der Waals surface area contributed by atoms with Gasteiger partial charge in [-0.1, -0.05) is 0 Å². The molecule has 4 nitrogen and oxygen atoms in total. The molecule has 0 aromatic rings. The summed E-state index contributed by atoms with van der Waals surface area (Å²) in [5.41, 5.74) is 0. The van der Waals surface area contributed by atoms with E-state index in [0.717, 1.165) is 26.2 Å². The second-order valence-electron chi connectivity index (χ2n) is 4.22. The topological polar surface area (TPSA) is 35.6 Å². The van der Waals surface area contributed by atoms with Gasteiger partial charge in [-0.3, -0.25) is 0 Å². The van der Waals surface area contributed by atoms with Gasteiger partial charge in [0.25, 0.3) is 0 Å². The van der Waals surface area contributed by atoms with Crippen LogP contribution in [-0.2, 0) is 0 Å². The van der Waals surface area contributed by atoms with Crippen molar-refractivity contribution in [3.63, 3.8) is 0 Å². The fourth-order valence-corrected chi connectivity index (χ4v) is 2.17. The molecule has 4 heteroatoms. The number of carbonyl (C=O) groups is 1. The summed E-state index contributed by atoms with van der Waals surface area (Å²) in [6, 6.07) is 0.769. The summed E-state index contributed by atoms with van der Waals surface area (Å²) in [5.74, 6) is 0. The van der Waals surface area contributed by atoms with E-state index < -0.39 is 0 Å². The molecule has 0 aromatic carbocycles. The number of hydrogen-bond donors (Lipinski definition) is 1. The Labute approximate surface area is 92.6 Å². The van der Waals surface area contributed by atoms with Crippen molar-refractivity contribution < 1.29 is 4.79 Å². The standard InChI is InChI=1S/C11H23N3O/c1-5-13(6-2)11(15)14-9(3)7-12-8-10(14)4/h9-10,12H,5-8H2,1-4H3. The van der Waals surface area contributed by atoms with Crippen molar-refractivity contribution >= 4 is 6.03 Å². The van der Waals surface area contributed by atoms with Crippen molar-refractivity contribution in [2.45, 2.75) is 39.8 Å². The molecule has 88 valence electrons. The Morgan fingerprint density at radius 2 is 1.73 bits per heavy atom. The van der Waals surface area contributed by atoms with Crippen LogP contribution < -0.4 is 5.32 Å². The molecule has 0 bridgehead atoms. The van der Waals surface area contributed by atoms with Crippen molar-refractivity contribution in [3.05, 3.63) is 0 Å². The predicted molar refractivity (Wildman–Crippen MR) is 61.9 cm³/mol. The molecule has 1 N–H and O–H groups in total. The lowest BCUT2D eigenvalue weighted by Crippen LogP contribution is -2.60. The van der Waals surface area contributed by atoms with Gasteiger partial charge in [0.2, 0.25) is 0 Å². The first-order valence-corrected chi connectivity index (χ1v) is 5.89. The quantitative estimate of drug-likeness (QED) is 0.746. The minimum atomic E-state index is 0.182. The van der Waals surface area contributed by atoms with E-state index in [1.807, 2.05) is 23.6 Å². The zero-order chi connectivity index (χ0) is 11.4. The Hall–Kier alpha value is -0.770. The second kappa shape index (κ2) is 5.35. The van der Waals surface area contributed by atoms with Crippen LogP contribution in [0.25, 0.3) is 0 Å². The molecule has 1 heterocycles. The molecular weight excluding hydrogens is 190 g/mol. The summed E-state index contributed by atoms with van der Waals surface area (Å²) in [7, 11) is 0. The van der Waals surface area contributed by atoms with E-state index in [0.29, 0.717) is 12.1 Å². The molecule has 1 fully saturated rings. The highest BCUT2D eigenvalue weighted by atomic mass is 16.2. The lowest BCUT2D eigenvalue weighted by atomic mass is 10.1. The number of rotatable bonds is 2. The lowest BCUT2D eigenvalue weighted by molar-refractivity contribution is 0.102. The van der Waals surface area contributed by atoms with Gasteiger partial charge < -0.3 is 15.1 Å². The van der Waals surface area contributed by atoms with Crippen molar-refractivity contribution in [1.82, 2.24) is 15.1 Å². The Kier molecular flexibility index (Phi) is 4.39. The van der Waals surface area contributed by atoms with E-state index in [2.05, 4.69) is 19.2 Å². The highest BCUT2D eigenvalue weighted by Gasteiger charge is 2.30. The van der Waals surface area contributed by atoms with Gasteiger partial charge in [0.15, 0.2) is 0 Å². The maximum Gasteiger partial charge on any atom is 0.320 e.